The van der Waals surface area contributed by atoms with Crippen LogP contribution < -0.4 is 5.73 Å². The molecule has 0 saturated carbocycles. The van der Waals surface area contributed by atoms with Crippen LogP contribution in [-0.2, 0) is 13.6 Å². The maximum atomic E-state index is 12.9. The van der Waals surface area contributed by atoms with Crippen molar-refractivity contribution in [3.8, 4) is 0 Å². The Morgan fingerprint density at radius 2 is 2.14 bits per heavy atom. The summed E-state index contributed by atoms with van der Waals surface area (Å²) >= 11 is 0. The van der Waals surface area contributed by atoms with Crippen molar-refractivity contribution in [3.63, 3.8) is 0 Å². The van der Waals surface area contributed by atoms with Gasteiger partial charge in [-0.15, -0.1) is 0 Å². The Labute approximate surface area is 124 Å². The average Bonchev–Trinajstić information content (AvgIpc) is 2.83. The Bertz CT molecular complexity index is 566. The van der Waals surface area contributed by atoms with E-state index in [4.69, 9.17) is 5.73 Å². The third-order valence-corrected chi connectivity index (χ3v) is 3.52. The summed E-state index contributed by atoms with van der Waals surface area (Å²) in [5.41, 5.74) is 8.09. The quantitative estimate of drug-likeness (QED) is 0.880. The SMILES string of the molecule is CC(CN(C)Cc1cnn(C)c1)C(N)c1ccc(F)cn1. The molecule has 2 heterocycles. The molecule has 0 saturated heterocycles. The van der Waals surface area contributed by atoms with Crippen LogP contribution in [-0.4, -0.2) is 33.3 Å². The van der Waals surface area contributed by atoms with E-state index in [1.165, 1.54) is 17.8 Å². The van der Waals surface area contributed by atoms with E-state index in [1.807, 2.05) is 26.5 Å². The van der Waals surface area contributed by atoms with Crippen LogP contribution in [0.25, 0.3) is 0 Å². The molecular formula is C15H22FN5. The zero-order valence-corrected chi connectivity index (χ0v) is 12.7. The van der Waals surface area contributed by atoms with Crippen LogP contribution >= 0.6 is 0 Å². The highest BCUT2D eigenvalue weighted by Gasteiger charge is 2.18. The zero-order valence-electron chi connectivity index (χ0n) is 12.7. The van der Waals surface area contributed by atoms with E-state index in [2.05, 4.69) is 21.9 Å². The third-order valence-electron chi connectivity index (χ3n) is 3.52. The van der Waals surface area contributed by atoms with Crippen molar-refractivity contribution < 1.29 is 4.39 Å². The molecule has 0 aromatic carbocycles. The number of halogens is 1. The number of nitrogens with zero attached hydrogens (tertiary/aromatic N) is 4. The second kappa shape index (κ2) is 6.78. The molecule has 6 heteroatoms. The van der Waals surface area contributed by atoms with Gasteiger partial charge in [0.2, 0.25) is 0 Å². The standard InChI is InChI=1S/C15H22FN5/c1-11(15(17)14-5-4-13(16)7-18-14)8-20(2)9-12-6-19-21(3)10-12/h4-7,10-11,15H,8-9,17H2,1-3H3. The molecule has 0 radical (unpaired) electrons. The van der Waals surface area contributed by atoms with E-state index < -0.39 is 0 Å². The Kier molecular flexibility index (Phi) is 5.03. The topological polar surface area (TPSA) is 60.0 Å². The van der Waals surface area contributed by atoms with Crippen molar-refractivity contribution in [1.29, 1.82) is 0 Å². The Hall–Kier alpha value is -1.79. The van der Waals surface area contributed by atoms with Gasteiger partial charge in [0, 0.05) is 31.9 Å². The first-order valence-electron chi connectivity index (χ1n) is 6.99. The lowest BCUT2D eigenvalue weighted by molar-refractivity contribution is 0.256. The van der Waals surface area contributed by atoms with Crippen molar-refractivity contribution in [2.75, 3.05) is 13.6 Å². The van der Waals surface area contributed by atoms with Crippen LogP contribution in [0.15, 0.2) is 30.7 Å². The molecule has 5 nitrogen and oxygen atoms in total. The summed E-state index contributed by atoms with van der Waals surface area (Å²) in [5, 5.41) is 4.16. The summed E-state index contributed by atoms with van der Waals surface area (Å²) in [6.07, 6.45) is 5.08. The van der Waals surface area contributed by atoms with Gasteiger partial charge in [0.1, 0.15) is 5.82 Å². The van der Waals surface area contributed by atoms with Gasteiger partial charge in [-0.1, -0.05) is 6.92 Å². The fourth-order valence-electron chi connectivity index (χ4n) is 2.41. The van der Waals surface area contributed by atoms with Crippen LogP contribution in [0.3, 0.4) is 0 Å². The lowest BCUT2D eigenvalue weighted by Crippen LogP contribution is -2.31. The van der Waals surface area contributed by atoms with Crippen LogP contribution in [0.4, 0.5) is 4.39 Å². The molecule has 114 valence electrons. The van der Waals surface area contributed by atoms with Crippen molar-refractivity contribution >= 4 is 0 Å². The fraction of sp³-hybridized carbons (Fsp3) is 0.467. The van der Waals surface area contributed by atoms with Gasteiger partial charge in [-0.05, 0) is 25.1 Å². The molecule has 0 fully saturated rings. The molecule has 0 aliphatic carbocycles. The van der Waals surface area contributed by atoms with E-state index in [9.17, 15) is 4.39 Å². The normalized spacial score (nSPS) is 14.4. The van der Waals surface area contributed by atoms with Gasteiger partial charge < -0.3 is 10.6 Å². The van der Waals surface area contributed by atoms with E-state index in [1.54, 1.807) is 10.7 Å². The molecule has 0 amide bonds. The van der Waals surface area contributed by atoms with Gasteiger partial charge in [0.05, 0.1) is 24.1 Å². The summed E-state index contributed by atoms with van der Waals surface area (Å²) < 4.78 is 14.7. The van der Waals surface area contributed by atoms with Gasteiger partial charge in [0.25, 0.3) is 0 Å². The predicted molar refractivity (Wildman–Crippen MR) is 79.8 cm³/mol. The number of rotatable bonds is 6. The van der Waals surface area contributed by atoms with E-state index in [-0.39, 0.29) is 17.8 Å². The first-order valence-corrected chi connectivity index (χ1v) is 6.99. The Morgan fingerprint density at radius 3 is 2.71 bits per heavy atom. The highest BCUT2D eigenvalue weighted by molar-refractivity contribution is 5.10. The van der Waals surface area contributed by atoms with Gasteiger partial charge in [0.15, 0.2) is 0 Å². The number of aromatic nitrogens is 3. The van der Waals surface area contributed by atoms with Crippen LogP contribution in [0.2, 0.25) is 0 Å². The molecule has 2 atom stereocenters. The third kappa shape index (κ3) is 4.34. The number of pyridine rings is 1. The first-order chi connectivity index (χ1) is 9.95. The van der Waals surface area contributed by atoms with Gasteiger partial charge in [-0.2, -0.15) is 5.10 Å². The predicted octanol–water partition coefficient (Wildman–Crippen LogP) is 1.72. The van der Waals surface area contributed by atoms with Crippen molar-refractivity contribution in [3.05, 3.63) is 47.8 Å². The van der Waals surface area contributed by atoms with Crippen LogP contribution in [0.5, 0.6) is 0 Å². The Morgan fingerprint density at radius 1 is 1.38 bits per heavy atom. The molecule has 21 heavy (non-hydrogen) atoms. The first kappa shape index (κ1) is 15.6. The Balaban J connectivity index is 1.90. The van der Waals surface area contributed by atoms with E-state index >= 15 is 0 Å². The van der Waals surface area contributed by atoms with E-state index in [0.29, 0.717) is 0 Å². The monoisotopic (exact) mass is 291 g/mol. The number of nitrogens with two attached hydrogens (primary N) is 1. The van der Waals surface area contributed by atoms with E-state index in [0.717, 1.165) is 18.8 Å². The van der Waals surface area contributed by atoms with Gasteiger partial charge in [-0.25, -0.2) is 4.39 Å². The number of aryl methyl sites for hydroxylation is 1. The maximum absolute atomic E-state index is 12.9. The second-order valence-corrected chi connectivity index (χ2v) is 5.62. The number of hydrogen-bond donors (Lipinski definition) is 1. The highest BCUT2D eigenvalue weighted by atomic mass is 19.1. The summed E-state index contributed by atoms with van der Waals surface area (Å²) in [6, 6.07) is 2.84. The minimum atomic E-state index is -0.340. The highest BCUT2D eigenvalue weighted by Crippen LogP contribution is 2.18. The van der Waals surface area contributed by atoms with Crippen molar-refractivity contribution in [1.82, 2.24) is 19.7 Å². The summed E-state index contributed by atoms with van der Waals surface area (Å²) in [6.45, 7) is 3.73. The minimum Gasteiger partial charge on any atom is -0.322 e. The van der Waals surface area contributed by atoms with Gasteiger partial charge >= 0.3 is 0 Å². The number of hydrogen-bond acceptors (Lipinski definition) is 4. The lowest BCUT2D eigenvalue weighted by Gasteiger charge is -2.25. The second-order valence-electron chi connectivity index (χ2n) is 5.62. The van der Waals surface area contributed by atoms with Crippen LogP contribution in [0, 0.1) is 11.7 Å². The minimum absolute atomic E-state index is 0.207. The van der Waals surface area contributed by atoms with Crippen molar-refractivity contribution in [2.24, 2.45) is 18.7 Å². The molecule has 2 rings (SSSR count). The summed E-state index contributed by atoms with van der Waals surface area (Å²) in [4.78, 5) is 6.26. The maximum Gasteiger partial charge on any atom is 0.141 e. The molecule has 2 aromatic heterocycles. The lowest BCUT2D eigenvalue weighted by atomic mass is 9.98. The van der Waals surface area contributed by atoms with Gasteiger partial charge in [-0.3, -0.25) is 9.67 Å². The smallest absolute Gasteiger partial charge is 0.141 e. The molecule has 2 N–H and O–H groups in total. The molecular weight excluding hydrogens is 269 g/mol. The zero-order chi connectivity index (χ0) is 15.4. The molecule has 0 aliphatic heterocycles. The fourth-order valence-corrected chi connectivity index (χ4v) is 2.41. The molecule has 0 spiro atoms. The molecule has 0 bridgehead atoms. The van der Waals surface area contributed by atoms with Crippen molar-refractivity contribution in [2.45, 2.75) is 19.5 Å². The van der Waals surface area contributed by atoms with Crippen LogP contribution in [0.1, 0.15) is 24.2 Å². The summed E-state index contributed by atoms with van der Waals surface area (Å²) in [5.74, 6) is -0.128. The molecule has 2 unspecified atom stereocenters. The molecule has 0 aliphatic rings. The summed E-state index contributed by atoms with van der Waals surface area (Å²) in [7, 11) is 3.95. The average molecular weight is 291 g/mol. The largest absolute Gasteiger partial charge is 0.322 e. The molecule has 2 aromatic rings.